The Hall–Kier alpha value is -3.55. The first-order valence-corrected chi connectivity index (χ1v) is 10.4. The Morgan fingerprint density at radius 3 is 1.97 bits per heavy atom. The predicted octanol–water partition coefficient (Wildman–Crippen LogP) is 4.12. The third-order valence-electron chi connectivity index (χ3n) is 4.29. The van der Waals surface area contributed by atoms with E-state index in [-0.39, 0.29) is 24.8 Å². The molecule has 0 saturated carbocycles. The lowest BCUT2D eigenvalue weighted by Gasteiger charge is -2.19. The summed E-state index contributed by atoms with van der Waals surface area (Å²) in [5.41, 5.74) is 1.63. The maximum absolute atomic E-state index is 12.2. The number of carbonyl (C=O) groups excluding carboxylic acids is 3. The van der Waals surface area contributed by atoms with Crippen molar-refractivity contribution >= 4 is 29.3 Å². The minimum atomic E-state index is -0.585. The van der Waals surface area contributed by atoms with Crippen LogP contribution in [-0.2, 0) is 20.7 Å². The zero-order valence-corrected chi connectivity index (χ0v) is 19.0. The molecule has 0 aliphatic rings. The summed E-state index contributed by atoms with van der Waals surface area (Å²) in [6, 6.07) is 14.5. The third-order valence-corrected chi connectivity index (χ3v) is 4.29. The molecule has 0 spiro atoms. The fourth-order valence-electron chi connectivity index (χ4n) is 2.83. The van der Waals surface area contributed by atoms with Crippen LogP contribution in [0.5, 0.6) is 5.75 Å². The number of amides is 3. The SMILES string of the molecule is COc1ccccc1CCC(=O)Nc1ccc(NC(=O)CCNC(=O)OC(C)(C)C)cc1. The predicted molar refractivity (Wildman–Crippen MR) is 124 cm³/mol. The molecule has 8 heteroatoms. The number of para-hydroxylation sites is 1. The molecule has 32 heavy (non-hydrogen) atoms. The molecule has 0 unspecified atom stereocenters. The van der Waals surface area contributed by atoms with Gasteiger partial charge in [0.15, 0.2) is 0 Å². The number of methoxy groups -OCH3 is 1. The van der Waals surface area contributed by atoms with Crippen LogP contribution in [0.25, 0.3) is 0 Å². The maximum Gasteiger partial charge on any atom is 0.407 e. The number of rotatable bonds is 9. The first-order chi connectivity index (χ1) is 15.2. The monoisotopic (exact) mass is 441 g/mol. The molecule has 3 amide bonds. The van der Waals surface area contributed by atoms with E-state index in [1.54, 1.807) is 52.1 Å². The lowest BCUT2D eigenvalue weighted by Crippen LogP contribution is -2.34. The number of carbonyl (C=O) groups is 3. The number of hydrogen-bond acceptors (Lipinski definition) is 5. The van der Waals surface area contributed by atoms with E-state index < -0.39 is 11.7 Å². The lowest BCUT2D eigenvalue weighted by molar-refractivity contribution is -0.117. The minimum Gasteiger partial charge on any atom is -0.496 e. The molecule has 2 aromatic rings. The van der Waals surface area contributed by atoms with Crippen LogP contribution < -0.4 is 20.7 Å². The highest BCUT2D eigenvalue weighted by molar-refractivity contribution is 5.93. The van der Waals surface area contributed by atoms with Crippen LogP contribution in [0.15, 0.2) is 48.5 Å². The summed E-state index contributed by atoms with van der Waals surface area (Å²) in [6.07, 6.45) is 0.446. The Labute approximate surface area is 188 Å². The molecule has 2 aromatic carbocycles. The summed E-state index contributed by atoms with van der Waals surface area (Å²) in [5, 5.41) is 8.13. The van der Waals surface area contributed by atoms with Crippen molar-refractivity contribution in [3.8, 4) is 5.75 Å². The molecular weight excluding hydrogens is 410 g/mol. The molecule has 0 atom stereocenters. The molecule has 0 fully saturated rings. The summed E-state index contributed by atoms with van der Waals surface area (Å²) >= 11 is 0. The van der Waals surface area contributed by atoms with Crippen molar-refractivity contribution in [1.82, 2.24) is 5.32 Å². The molecule has 0 saturated heterocycles. The van der Waals surface area contributed by atoms with Crippen LogP contribution in [0.3, 0.4) is 0 Å². The fraction of sp³-hybridized carbons (Fsp3) is 0.375. The summed E-state index contributed by atoms with van der Waals surface area (Å²) in [4.78, 5) is 35.9. The van der Waals surface area contributed by atoms with Crippen molar-refractivity contribution in [1.29, 1.82) is 0 Å². The number of hydrogen-bond donors (Lipinski definition) is 3. The molecule has 2 rings (SSSR count). The van der Waals surface area contributed by atoms with Gasteiger partial charge >= 0.3 is 6.09 Å². The van der Waals surface area contributed by atoms with E-state index >= 15 is 0 Å². The van der Waals surface area contributed by atoms with Gasteiger partial charge in [-0.2, -0.15) is 0 Å². The normalized spacial score (nSPS) is 10.8. The van der Waals surface area contributed by atoms with Gasteiger partial charge in [-0.3, -0.25) is 9.59 Å². The molecule has 0 radical (unpaired) electrons. The summed E-state index contributed by atoms with van der Waals surface area (Å²) in [5.74, 6) is 0.414. The van der Waals surface area contributed by atoms with Crippen LogP contribution >= 0.6 is 0 Å². The van der Waals surface area contributed by atoms with Gasteiger partial charge in [0.2, 0.25) is 11.8 Å². The van der Waals surface area contributed by atoms with E-state index in [1.165, 1.54) is 0 Å². The smallest absolute Gasteiger partial charge is 0.407 e. The Morgan fingerprint density at radius 2 is 1.41 bits per heavy atom. The first-order valence-electron chi connectivity index (χ1n) is 10.4. The molecule has 8 nitrogen and oxygen atoms in total. The minimum absolute atomic E-state index is 0.110. The lowest BCUT2D eigenvalue weighted by atomic mass is 10.1. The van der Waals surface area contributed by atoms with Crippen LogP contribution in [0.1, 0.15) is 39.2 Å². The van der Waals surface area contributed by atoms with E-state index in [0.717, 1.165) is 11.3 Å². The van der Waals surface area contributed by atoms with Gasteiger partial charge in [-0.05, 0) is 63.1 Å². The average Bonchev–Trinajstić information content (AvgIpc) is 2.72. The second-order valence-electron chi connectivity index (χ2n) is 8.16. The molecule has 0 heterocycles. The highest BCUT2D eigenvalue weighted by Crippen LogP contribution is 2.19. The highest BCUT2D eigenvalue weighted by atomic mass is 16.6. The maximum atomic E-state index is 12.2. The number of benzene rings is 2. The van der Waals surface area contributed by atoms with Crippen molar-refractivity contribution in [2.24, 2.45) is 0 Å². The Morgan fingerprint density at radius 1 is 0.844 bits per heavy atom. The van der Waals surface area contributed by atoms with Crippen molar-refractivity contribution in [2.45, 2.75) is 45.6 Å². The summed E-state index contributed by atoms with van der Waals surface area (Å²) in [6.45, 7) is 5.48. The van der Waals surface area contributed by atoms with Crippen LogP contribution in [-0.4, -0.2) is 37.2 Å². The zero-order valence-electron chi connectivity index (χ0n) is 19.0. The standard InChI is InChI=1S/C24H31N3O5/c1-24(2,3)32-23(30)25-16-15-22(29)27-19-12-10-18(11-13-19)26-21(28)14-9-17-7-5-6-8-20(17)31-4/h5-8,10-13H,9,14-16H2,1-4H3,(H,25,30)(H,26,28)(H,27,29). The van der Waals surface area contributed by atoms with Crippen molar-refractivity contribution in [3.05, 3.63) is 54.1 Å². The van der Waals surface area contributed by atoms with Gasteiger partial charge in [0.25, 0.3) is 0 Å². The largest absolute Gasteiger partial charge is 0.496 e. The highest BCUT2D eigenvalue weighted by Gasteiger charge is 2.16. The number of nitrogens with one attached hydrogen (secondary N) is 3. The number of aryl methyl sites for hydroxylation is 1. The first kappa shape index (κ1) is 24.7. The number of ether oxygens (including phenoxy) is 2. The Bertz CT molecular complexity index is 920. The molecular formula is C24H31N3O5. The molecule has 0 aliphatic carbocycles. The fourth-order valence-corrected chi connectivity index (χ4v) is 2.83. The molecule has 3 N–H and O–H groups in total. The molecule has 0 aromatic heterocycles. The van der Waals surface area contributed by atoms with Gasteiger partial charge in [0.05, 0.1) is 7.11 Å². The summed E-state index contributed by atoms with van der Waals surface area (Å²) in [7, 11) is 1.61. The Balaban J connectivity index is 1.73. The third kappa shape index (κ3) is 9.07. The van der Waals surface area contributed by atoms with Gasteiger partial charge in [-0.25, -0.2) is 4.79 Å². The van der Waals surface area contributed by atoms with Gasteiger partial charge in [-0.15, -0.1) is 0 Å². The second-order valence-corrected chi connectivity index (χ2v) is 8.16. The van der Waals surface area contributed by atoms with Gasteiger partial charge in [0, 0.05) is 30.8 Å². The van der Waals surface area contributed by atoms with Crippen molar-refractivity contribution in [2.75, 3.05) is 24.3 Å². The average molecular weight is 442 g/mol. The zero-order chi connectivity index (χ0) is 23.6. The van der Waals surface area contributed by atoms with E-state index in [9.17, 15) is 14.4 Å². The molecule has 0 bridgehead atoms. The molecule has 172 valence electrons. The van der Waals surface area contributed by atoms with Crippen LogP contribution in [0.2, 0.25) is 0 Å². The van der Waals surface area contributed by atoms with Crippen LogP contribution in [0.4, 0.5) is 16.2 Å². The molecule has 0 aliphatic heterocycles. The van der Waals surface area contributed by atoms with E-state index in [0.29, 0.717) is 24.2 Å². The summed E-state index contributed by atoms with van der Waals surface area (Å²) < 4.78 is 10.4. The van der Waals surface area contributed by atoms with E-state index in [2.05, 4.69) is 16.0 Å². The van der Waals surface area contributed by atoms with Crippen molar-refractivity contribution in [3.63, 3.8) is 0 Å². The van der Waals surface area contributed by atoms with Gasteiger partial charge < -0.3 is 25.4 Å². The Kier molecular flexibility index (Phi) is 9.07. The quantitative estimate of drug-likeness (QED) is 0.543. The van der Waals surface area contributed by atoms with Gasteiger partial charge in [-0.1, -0.05) is 18.2 Å². The second kappa shape index (κ2) is 11.7. The van der Waals surface area contributed by atoms with E-state index in [1.807, 2.05) is 24.3 Å². The number of anilines is 2. The van der Waals surface area contributed by atoms with Gasteiger partial charge in [0.1, 0.15) is 11.4 Å². The number of alkyl carbamates (subject to hydrolysis) is 1. The topological polar surface area (TPSA) is 106 Å². The van der Waals surface area contributed by atoms with Crippen LogP contribution in [0, 0.1) is 0 Å². The van der Waals surface area contributed by atoms with Crippen molar-refractivity contribution < 1.29 is 23.9 Å². The van der Waals surface area contributed by atoms with E-state index in [4.69, 9.17) is 9.47 Å².